The molecule has 0 aliphatic carbocycles. The number of nitrogens with one attached hydrogen (secondary N) is 1. The van der Waals surface area contributed by atoms with Gasteiger partial charge in [-0.25, -0.2) is 0 Å². The van der Waals surface area contributed by atoms with Crippen LogP contribution in [0.3, 0.4) is 0 Å². The molecule has 138 valence electrons. The Morgan fingerprint density at radius 2 is 1.54 bits per heavy atom. The summed E-state index contributed by atoms with van der Waals surface area (Å²) in [5.41, 5.74) is 0.853. The first-order valence-electron chi connectivity index (χ1n) is 8.86. The summed E-state index contributed by atoms with van der Waals surface area (Å²) >= 11 is 1.42. The van der Waals surface area contributed by atoms with Gasteiger partial charge in [-0.3, -0.25) is 9.59 Å². The molecule has 0 aliphatic heterocycles. The van der Waals surface area contributed by atoms with Gasteiger partial charge in [-0.2, -0.15) is 0 Å². The van der Waals surface area contributed by atoms with Crippen molar-refractivity contribution in [1.29, 1.82) is 0 Å². The highest BCUT2D eigenvalue weighted by Crippen LogP contribution is 2.36. The molecule has 0 bridgehead atoms. The van der Waals surface area contributed by atoms with E-state index < -0.39 is 11.2 Å². The molecule has 0 saturated carbocycles. The van der Waals surface area contributed by atoms with Crippen molar-refractivity contribution in [2.75, 3.05) is 6.61 Å². The smallest absolute Gasteiger partial charge is 0.324 e. The number of carbonyl (C=O) groups is 2. The Kier molecular flexibility index (Phi) is 8.22. The molecule has 0 heterocycles. The molecular formula is C21H25NO3S. The minimum atomic E-state index is -0.514. The van der Waals surface area contributed by atoms with Crippen molar-refractivity contribution in [3.05, 3.63) is 66.2 Å². The van der Waals surface area contributed by atoms with E-state index in [0.717, 1.165) is 23.3 Å². The average Bonchev–Trinajstić information content (AvgIpc) is 2.69. The number of benzene rings is 2. The first kappa shape index (κ1) is 20.0. The summed E-state index contributed by atoms with van der Waals surface area (Å²) in [5, 5.41) is 2.36. The fraction of sp³-hybridized carbons (Fsp3) is 0.333. The van der Waals surface area contributed by atoms with Crippen molar-refractivity contribution < 1.29 is 14.3 Å². The summed E-state index contributed by atoms with van der Waals surface area (Å²) in [6, 6.07) is 19.3. The van der Waals surface area contributed by atoms with Gasteiger partial charge in [0.05, 0.1) is 0 Å². The average molecular weight is 372 g/mol. The Balaban J connectivity index is 2.03. The minimum absolute atomic E-state index is 0.116. The molecule has 0 saturated heterocycles. The van der Waals surface area contributed by atoms with Crippen molar-refractivity contribution >= 4 is 23.6 Å². The molecule has 0 fully saturated rings. The lowest BCUT2D eigenvalue weighted by Gasteiger charge is -2.18. The monoisotopic (exact) mass is 371 g/mol. The zero-order chi connectivity index (χ0) is 18.8. The van der Waals surface area contributed by atoms with E-state index in [2.05, 4.69) is 5.32 Å². The highest BCUT2D eigenvalue weighted by atomic mass is 32.2. The number of hydrogen-bond donors (Lipinski definition) is 1. The lowest BCUT2D eigenvalue weighted by Crippen LogP contribution is -2.37. The Morgan fingerprint density at radius 1 is 0.962 bits per heavy atom. The van der Waals surface area contributed by atoms with Crippen LogP contribution in [0.25, 0.3) is 0 Å². The molecule has 0 spiro atoms. The summed E-state index contributed by atoms with van der Waals surface area (Å²) in [6.07, 6.45) is 1.71. The van der Waals surface area contributed by atoms with E-state index in [4.69, 9.17) is 4.74 Å². The van der Waals surface area contributed by atoms with Gasteiger partial charge in [0.25, 0.3) is 5.91 Å². The van der Waals surface area contributed by atoms with Crippen LogP contribution in [0.1, 0.15) is 37.5 Å². The number of hydrogen-bond acceptors (Lipinski definition) is 4. The molecule has 26 heavy (non-hydrogen) atoms. The fourth-order valence-corrected chi connectivity index (χ4v) is 3.53. The molecule has 0 radical (unpaired) electrons. The zero-order valence-corrected chi connectivity index (χ0v) is 16.0. The summed E-state index contributed by atoms with van der Waals surface area (Å²) in [5.74, 6) is -0.673. The summed E-state index contributed by atoms with van der Waals surface area (Å²) in [6.45, 7) is 3.78. The second kappa shape index (κ2) is 10.7. The molecule has 5 heteroatoms. The van der Waals surface area contributed by atoms with Gasteiger partial charge < -0.3 is 10.1 Å². The Labute approximate surface area is 159 Å². The van der Waals surface area contributed by atoms with Crippen LogP contribution in [0, 0.1) is 0 Å². The molecule has 0 unspecified atom stereocenters. The normalized spacial score (nSPS) is 11.8. The summed E-state index contributed by atoms with van der Waals surface area (Å²) in [7, 11) is 0. The molecule has 2 aromatic carbocycles. The number of rotatable bonds is 9. The third kappa shape index (κ3) is 6.23. The lowest BCUT2D eigenvalue weighted by molar-refractivity contribution is -0.148. The Morgan fingerprint density at radius 3 is 2.12 bits per heavy atom. The third-order valence-electron chi connectivity index (χ3n) is 4.01. The first-order valence-corrected chi connectivity index (χ1v) is 9.74. The van der Waals surface area contributed by atoms with E-state index in [1.165, 1.54) is 11.8 Å². The van der Waals surface area contributed by atoms with Gasteiger partial charge >= 0.3 is 5.97 Å². The summed E-state index contributed by atoms with van der Waals surface area (Å²) in [4.78, 5) is 25.6. The van der Waals surface area contributed by atoms with Crippen molar-refractivity contribution in [2.45, 2.75) is 42.9 Å². The van der Waals surface area contributed by atoms with Crippen LogP contribution in [0.4, 0.5) is 0 Å². The highest BCUT2D eigenvalue weighted by Gasteiger charge is 2.24. The lowest BCUT2D eigenvalue weighted by atomic mass is 10.1. The molecule has 1 atom stereocenters. The van der Waals surface area contributed by atoms with E-state index in [1.807, 2.05) is 74.5 Å². The Bertz CT molecular complexity index is 687. The van der Waals surface area contributed by atoms with Crippen molar-refractivity contribution in [2.24, 2.45) is 0 Å². The van der Waals surface area contributed by atoms with Gasteiger partial charge in [0, 0.05) is 10.9 Å². The summed E-state index contributed by atoms with van der Waals surface area (Å²) < 4.78 is 5.31. The van der Waals surface area contributed by atoms with Crippen LogP contribution < -0.4 is 5.32 Å². The van der Waals surface area contributed by atoms with Gasteiger partial charge in [-0.05, 0) is 30.5 Å². The van der Waals surface area contributed by atoms with E-state index >= 15 is 0 Å². The van der Waals surface area contributed by atoms with Crippen LogP contribution >= 0.6 is 11.8 Å². The quantitative estimate of drug-likeness (QED) is 0.525. The van der Waals surface area contributed by atoms with Crippen molar-refractivity contribution in [3.8, 4) is 0 Å². The second-order valence-corrected chi connectivity index (χ2v) is 7.09. The molecule has 0 aliphatic rings. The van der Waals surface area contributed by atoms with E-state index in [1.54, 1.807) is 0 Å². The van der Waals surface area contributed by atoms with E-state index in [-0.39, 0.29) is 18.6 Å². The maximum absolute atomic E-state index is 12.7. The SMILES string of the molecule is CCC(CC)NC(=O)COC(=O)[C@H](Sc1ccccc1)c1ccccc1. The van der Waals surface area contributed by atoms with Crippen molar-refractivity contribution in [3.63, 3.8) is 0 Å². The molecule has 1 N–H and O–H groups in total. The van der Waals surface area contributed by atoms with Crippen molar-refractivity contribution in [1.82, 2.24) is 5.32 Å². The maximum atomic E-state index is 12.7. The molecular weight excluding hydrogens is 346 g/mol. The molecule has 2 rings (SSSR count). The number of esters is 1. The molecule has 2 aromatic rings. The number of amides is 1. The fourth-order valence-electron chi connectivity index (χ4n) is 2.49. The Hall–Kier alpha value is -2.27. The predicted molar refractivity (Wildman–Crippen MR) is 105 cm³/mol. The third-order valence-corrected chi connectivity index (χ3v) is 5.25. The predicted octanol–water partition coefficient (Wildman–Crippen LogP) is 4.37. The molecule has 0 aromatic heterocycles. The number of carbonyl (C=O) groups excluding carboxylic acids is 2. The van der Waals surface area contributed by atoms with Gasteiger partial charge in [-0.1, -0.05) is 62.4 Å². The van der Waals surface area contributed by atoms with Gasteiger partial charge in [0.1, 0.15) is 5.25 Å². The zero-order valence-electron chi connectivity index (χ0n) is 15.2. The number of ether oxygens (including phenoxy) is 1. The second-order valence-electron chi connectivity index (χ2n) is 5.91. The highest BCUT2D eigenvalue weighted by molar-refractivity contribution is 8.00. The molecule has 1 amide bonds. The minimum Gasteiger partial charge on any atom is -0.454 e. The van der Waals surface area contributed by atoms with Crippen LogP contribution in [-0.4, -0.2) is 24.5 Å². The van der Waals surface area contributed by atoms with E-state index in [0.29, 0.717) is 0 Å². The topological polar surface area (TPSA) is 55.4 Å². The van der Waals surface area contributed by atoms with Crippen LogP contribution in [0.5, 0.6) is 0 Å². The van der Waals surface area contributed by atoms with Crippen LogP contribution in [-0.2, 0) is 14.3 Å². The van der Waals surface area contributed by atoms with Crippen LogP contribution in [0.15, 0.2) is 65.6 Å². The van der Waals surface area contributed by atoms with Gasteiger partial charge in [0.15, 0.2) is 6.61 Å². The standard InChI is InChI=1S/C21H25NO3S/c1-3-17(4-2)22-19(23)15-25-21(24)20(16-11-7-5-8-12-16)26-18-13-9-6-10-14-18/h5-14,17,20H,3-4,15H2,1-2H3,(H,22,23)/t20-/m1/s1. The first-order chi connectivity index (χ1) is 12.6. The van der Waals surface area contributed by atoms with Crippen LogP contribution in [0.2, 0.25) is 0 Å². The largest absolute Gasteiger partial charge is 0.454 e. The molecule has 4 nitrogen and oxygen atoms in total. The van der Waals surface area contributed by atoms with Gasteiger partial charge in [-0.15, -0.1) is 11.8 Å². The van der Waals surface area contributed by atoms with E-state index in [9.17, 15) is 9.59 Å². The number of thioether (sulfide) groups is 1. The maximum Gasteiger partial charge on any atom is 0.324 e. The van der Waals surface area contributed by atoms with Gasteiger partial charge in [0.2, 0.25) is 0 Å².